The number of piperidine rings is 1. The lowest BCUT2D eigenvalue weighted by Gasteiger charge is -2.31. The van der Waals surface area contributed by atoms with E-state index in [1.807, 2.05) is 48.2 Å². The van der Waals surface area contributed by atoms with Crippen LogP contribution in [-0.2, 0) is 4.79 Å². The van der Waals surface area contributed by atoms with Crippen LogP contribution in [0.25, 0.3) is 0 Å². The second kappa shape index (κ2) is 8.45. The van der Waals surface area contributed by atoms with E-state index < -0.39 is 0 Å². The third-order valence-corrected chi connectivity index (χ3v) is 4.81. The van der Waals surface area contributed by atoms with Crippen molar-refractivity contribution < 1.29 is 9.59 Å². The summed E-state index contributed by atoms with van der Waals surface area (Å²) in [6.45, 7) is 2.77. The van der Waals surface area contributed by atoms with Gasteiger partial charge in [0.1, 0.15) is 0 Å². The van der Waals surface area contributed by atoms with Crippen LogP contribution in [0, 0.1) is 5.92 Å². The molecule has 0 bridgehead atoms. The summed E-state index contributed by atoms with van der Waals surface area (Å²) < 4.78 is 0.813. The molecule has 23 heavy (non-hydrogen) atoms. The van der Waals surface area contributed by atoms with Crippen LogP contribution in [-0.4, -0.2) is 61.9 Å². The van der Waals surface area contributed by atoms with E-state index in [2.05, 4.69) is 21.2 Å². The molecule has 126 valence electrons. The van der Waals surface area contributed by atoms with Crippen molar-refractivity contribution in [1.29, 1.82) is 0 Å². The minimum Gasteiger partial charge on any atom is -0.355 e. The largest absolute Gasteiger partial charge is 0.355 e. The first-order chi connectivity index (χ1) is 11.0. The molecule has 1 aromatic carbocycles. The third-order valence-electron chi connectivity index (χ3n) is 4.12. The number of nitrogens with one attached hydrogen (secondary N) is 1. The summed E-state index contributed by atoms with van der Waals surface area (Å²) in [5.41, 5.74) is 0.682. The predicted molar refractivity (Wildman–Crippen MR) is 94.3 cm³/mol. The lowest BCUT2D eigenvalue weighted by Crippen LogP contribution is -2.44. The number of hydrogen-bond acceptors (Lipinski definition) is 3. The lowest BCUT2D eigenvalue weighted by atomic mass is 9.95. The fourth-order valence-electron chi connectivity index (χ4n) is 2.70. The molecule has 0 unspecified atom stereocenters. The Kier molecular flexibility index (Phi) is 6.59. The highest BCUT2D eigenvalue weighted by Crippen LogP contribution is 2.22. The number of nitrogens with zero attached hydrogens (tertiary/aromatic N) is 2. The van der Waals surface area contributed by atoms with Gasteiger partial charge in [0.2, 0.25) is 5.91 Å². The van der Waals surface area contributed by atoms with E-state index in [1.54, 1.807) is 0 Å². The maximum atomic E-state index is 12.5. The maximum absolute atomic E-state index is 12.5. The van der Waals surface area contributed by atoms with Gasteiger partial charge in [-0.1, -0.05) is 12.1 Å². The smallest absolute Gasteiger partial charge is 0.254 e. The van der Waals surface area contributed by atoms with Crippen LogP contribution in [0.5, 0.6) is 0 Å². The Bertz CT molecular complexity index is 555. The predicted octanol–water partition coefficient (Wildman–Crippen LogP) is 1.98. The van der Waals surface area contributed by atoms with Crippen LogP contribution in [0.15, 0.2) is 28.7 Å². The van der Waals surface area contributed by atoms with Crippen molar-refractivity contribution in [3.8, 4) is 0 Å². The van der Waals surface area contributed by atoms with Gasteiger partial charge in [0.15, 0.2) is 0 Å². The average Bonchev–Trinajstić information content (AvgIpc) is 2.54. The molecule has 0 aliphatic carbocycles. The van der Waals surface area contributed by atoms with E-state index in [1.165, 1.54) is 0 Å². The van der Waals surface area contributed by atoms with Gasteiger partial charge in [-0.2, -0.15) is 0 Å². The van der Waals surface area contributed by atoms with Gasteiger partial charge in [-0.3, -0.25) is 9.59 Å². The van der Waals surface area contributed by atoms with Crippen LogP contribution in [0.3, 0.4) is 0 Å². The molecule has 1 aromatic rings. The first-order valence-corrected chi connectivity index (χ1v) is 8.74. The van der Waals surface area contributed by atoms with Crippen molar-refractivity contribution in [2.45, 2.75) is 12.8 Å². The van der Waals surface area contributed by atoms with Crippen LogP contribution in [0.4, 0.5) is 0 Å². The standard InChI is InChI=1S/C17H24BrN3O2/c1-20(2)12-9-19-16(22)13-7-10-21(11-8-13)17(23)14-5-3-4-6-15(14)18/h3-6,13H,7-12H2,1-2H3,(H,19,22). The summed E-state index contributed by atoms with van der Waals surface area (Å²) in [6.07, 6.45) is 1.45. The van der Waals surface area contributed by atoms with Crippen LogP contribution < -0.4 is 5.32 Å². The topological polar surface area (TPSA) is 52.7 Å². The summed E-state index contributed by atoms with van der Waals surface area (Å²) in [6, 6.07) is 7.46. The van der Waals surface area contributed by atoms with E-state index >= 15 is 0 Å². The van der Waals surface area contributed by atoms with E-state index in [-0.39, 0.29) is 17.7 Å². The Hall–Kier alpha value is -1.40. The van der Waals surface area contributed by atoms with Gasteiger partial charge in [0.25, 0.3) is 5.91 Å². The number of carbonyl (C=O) groups is 2. The van der Waals surface area contributed by atoms with Crippen LogP contribution in [0.1, 0.15) is 23.2 Å². The number of halogens is 1. The van der Waals surface area contributed by atoms with Crippen LogP contribution >= 0.6 is 15.9 Å². The summed E-state index contributed by atoms with van der Waals surface area (Å²) in [7, 11) is 3.97. The second-order valence-electron chi connectivity index (χ2n) is 6.14. The Morgan fingerprint density at radius 3 is 2.52 bits per heavy atom. The Labute approximate surface area is 146 Å². The minimum absolute atomic E-state index is 0.0143. The molecule has 1 saturated heterocycles. The molecule has 0 atom stereocenters. The molecule has 0 radical (unpaired) electrons. The molecule has 1 heterocycles. The number of benzene rings is 1. The maximum Gasteiger partial charge on any atom is 0.254 e. The number of rotatable bonds is 5. The molecule has 6 heteroatoms. The summed E-state index contributed by atoms with van der Waals surface area (Å²) >= 11 is 3.42. The molecule has 0 aromatic heterocycles. The molecule has 0 saturated carbocycles. The fourth-order valence-corrected chi connectivity index (χ4v) is 3.15. The first kappa shape index (κ1) is 17.9. The molecule has 1 fully saturated rings. The summed E-state index contributed by atoms with van der Waals surface area (Å²) in [4.78, 5) is 28.6. The van der Waals surface area contributed by atoms with Crippen molar-refractivity contribution in [1.82, 2.24) is 15.1 Å². The molecule has 1 aliphatic heterocycles. The molecular formula is C17H24BrN3O2. The molecular weight excluding hydrogens is 358 g/mol. The van der Waals surface area contributed by atoms with Gasteiger partial charge in [-0.15, -0.1) is 0 Å². The molecule has 0 spiro atoms. The average molecular weight is 382 g/mol. The zero-order valence-corrected chi connectivity index (χ0v) is 15.3. The van der Waals surface area contributed by atoms with Crippen LogP contribution in [0.2, 0.25) is 0 Å². The molecule has 1 N–H and O–H groups in total. The van der Waals surface area contributed by atoms with Crippen molar-refractivity contribution in [2.75, 3.05) is 40.3 Å². The zero-order valence-electron chi connectivity index (χ0n) is 13.7. The van der Waals surface area contributed by atoms with Crippen molar-refractivity contribution in [3.63, 3.8) is 0 Å². The highest BCUT2D eigenvalue weighted by Gasteiger charge is 2.28. The van der Waals surface area contributed by atoms with Gasteiger partial charge in [0, 0.05) is 36.6 Å². The van der Waals surface area contributed by atoms with Gasteiger partial charge in [-0.05, 0) is 55.0 Å². The van der Waals surface area contributed by atoms with Gasteiger partial charge >= 0.3 is 0 Å². The van der Waals surface area contributed by atoms with Gasteiger partial charge in [0.05, 0.1) is 5.56 Å². The monoisotopic (exact) mass is 381 g/mol. The van der Waals surface area contributed by atoms with E-state index in [0.29, 0.717) is 25.2 Å². The Balaban J connectivity index is 1.83. The van der Waals surface area contributed by atoms with Crippen molar-refractivity contribution >= 4 is 27.7 Å². The molecule has 2 rings (SSSR count). The summed E-state index contributed by atoms with van der Waals surface area (Å²) in [5, 5.41) is 2.98. The number of hydrogen-bond donors (Lipinski definition) is 1. The molecule has 2 amide bonds. The zero-order chi connectivity index (χ0) is 16.8. The number of carbonyl (C=O) groups excluding carboxylic acids is 2. The molecule has 1 aliphatic rings. The van der Waals surface area contributed by atoms with E-state index in [0.717, 1.165) is 23.9 Å². The van der Waals surface area contributed by atoms with E-state index in [9.17, 15) is 9.59 Å². The SMILES string of the molecule is CN(C)CCNC(=O)C1CCN(C(=O)c2ccccc2Br)CC1. The highest BCUT2D eigenvalue weighted by atomic mass is 79.9. The third kappa shape index (κ3) is 5.04. The lowest BCUT2D eigenvalue weighted by molar-refractivity contribution is -0.126. The van der Waals surface area contributed by atoms with Gasteiger partial charge in [-0.25, -0.2) is 0 Å². The highest BCUT2D eigenvalue weighted by molar-refractivity contribution is 9.10. The second-order valence-corrected chi connectivity index (χ2v) is 6.99. The number of likely N-dealkylation sites (N-methyl/N-ethyl adjacent to an activating group) is 1. The fraction of sp³-hybridized carbons (Fsp3) is 0.529. The first-order valence-electron chi connectivity index (χ1n) is 7.95. The normalized spacial score (nSPS) is 15.7. The Morgan fingerprint density at radius 1 is 1.26 bits per heavy atom. The summed E-state index contributed by atoms with van der Waals surface area (Å²) in [5.74, 6) is 0.157. The van der Waals surface area contributed by atoms with Gasteiger partial charge < -0.3 is 15.1 Å². The molecule has 5 nitrogen and oxygen atoms in total. The minimum atomic E-state index is 0.0143. The number of likely N-dealkylation sites (tertiary alicyclic amines) is 1. The van der Waals surface area contributed by atoms with Crippen molar-refractivity contribution in [2.24, 2.45) is 5.92 Å². The van der Waals surface area contributed by atoms with E-state index in [4.69, 9.17) is 0 Å². The quantitative estimate of drug-likeness (QED) is 0.848. The number of amides is 2. The Morgan fingerprint density at radius 2 is 1.91 bits per heavy atom. The van der Waals surface area contributed by atoms with Crippen molar-refractivity contribution in [3.05, 3.63) is 34.3 Å².